The quantitative estimate of drug-likeness (QED) is 0.834. The summed E-state index contributed by atoms with van der Waals surface area (Å²) in [7, 11) is 0. The lowest BCUT2D eigenvalue weighted by molar-refractivity contribution is -0.116. The Balaban J connectivity index is 1.80. The molecule has 0 saturated heterocycles. The highest BCUT2D eigenvalue weighted by Gasteiger charge is 2.29. The van der Waals surface area contributed by atoms with Gasteiger partial charge in [-0.2, -0.15) is 0 Å². The number of para-hydroxylation sites is 1. The smallest absolute Gasteiger partial charge is 0.257 e. The number of anilines is 1. The number of thioether (sulfide) groups is 1. The van der Waals surface area contributed by atoms with Crippen molar-refractivity contribution < 1.29 is 4.79 Å². The summed E-state index contributed by atoms with van der Waals surface area (Å²) in [5.41, 5.74) is 3.51. The maximum atomic E-state index is 12.7. The van der Waals surface area contributed by atoms with Gasteiger partial charge in [-0.15, -0.1) is 0 Å². The van der Waals surface area contributed by atoms with Crippen LogP contribution in [0.1, 0.15) is 43.1 Å². The summed E-state index contributed by atoms with van der Waals surface area (Å²) in [5.74, 6) is 0.641. The van der Waals surface area contributed by atoms with E-state index in [1.54, 1.807) is 16.3 Å². The Morgan fingerprint density at radius 3 is 2.80 bits per heavy atom. The van der Waals surface area contributed by atoms with Crippen molar-refractivity contribution in [2.45, 2.75) is 51.2 Å². The van der Waals surface area contributed by atoms with Gasteiger partial charge in [0, 0.05) is 29.1 Å². The minimum Gasteiger partial charge on any atom is -0.326 e. The highest BCUT2D eigenvalue weighted by atomic mass is 32.2. The van der Waals surface area contributed by atoms with E-state index in [-0.39, 0.29) is 23.9 Å². The highest BCUT2D eigenvalue weighted by molar-refractivity contribution is 7.99. The molecule has 0 aliphatic carbocycles. The molecule has 0 bridgehead atoms. The number of amides is 1. The van der Waals surface area contributed by atoms with Gasteiger partial charge in [-0.1, -0.05) is 43.8 Å². The average molecular weight is 357 g/mol. The van der Waals surface area contributed by atoms with Crippen molar-refractivity contribution in [2.75, 3.05) is 11.1 Å². The monoisotopic (exact) mass is 357 g/mol. The molecule has 1 unspecified atom stereocenters. The highest BCUT2D eigenvalue weighted by Crippen LogP contribution is 2.33. The van der Waals surface area contributed by atoms with Gasteiger partial charge in [0.05, 0.1) is 6.04 Å². The number of hydrogen-bond acceptors (Lipinski definition) is 4. The van der Waals surface area contributed by atoms with Gasteiger partial charge < -0.3 is 5.32 Å². The van der Waals surface area contributed by atoms with E-state index >= 15 is 0 Å². The lowest BCUT2D eigenvalue weighted by Gasteiger charge is -2.16. The van der Waals surface area contributed by atoms with Crippen molar-refractivity contribution in [1.29, 1.82) is 0 Å². The SMILES string of the molecule is CCc1ccccc1NC(=O)CC1CSc2nc(C)c(CC)c(=O)n21. The fourth-order valence-corrected chi connectivity index (χ4v) is 4.42. The molecular weight excluding hydrogens is 334 g/mol. The number of fused-ring (bicyclic) bond motifs is 1. The molecule has 6 heteroatoms. The second-order valence-corrected chi connectivity index (χ2v) is 7.20. The van der Waals surface area contributed by atoms with Crippen molar-refractivity contribution in [3.05, 3.63) is 51.4 Å². The molecule has 1 N–H and O–H groups in total. The Labute approximate surface area is 151 Å². The minimum absolute atomic E-state index is 0.00163. The van der Waals surface area contributed by atoms with E-state index in [1.165, 1.54) is 0 Å². The molecule has 1 aromatic carbocycles. The van der Waals surface area contributed by atoms with Gasteiger partial charge in [0.1, 0.15) is 0 Å². The van der Waals surface area contributed by atoms with Gasteiger partial charge in [0.15, 0.2) is 5.16 Å². The van der Waals surface area contributed by atoms with Crippen molar-refractivity contribution in [2.24, 2.45) is 0 Å². The normalized spacial score (nSPS) is 15.9. The number of rotatable bonds is 5. The van der Waals surface area contributed by atoms with Gasteiger partial charge in [0.2, 0.25) is 5.91 Å². The number of aromatic nitrogens is 2. The fourth-order valence-electron chi connectivity index (χ4n) is 3.24. The maximum Gasteiger partial charge on any atom is 0.257 e. The zero-order chi connectivity index (χ0) is 18.0. The topological polar surface area (TPSA) is 64.0 Å². The number of carbonyl (C=O) groups excluding carboxylic acids is 1. The first-order valence-electron chi connectivity index (χ1n) is 8.67. The number of hydrogen-bond donors (Lipinski definition) is 1. The molecule has 1 aromatic heterocycles. The maximum absolute atomic E-state index is 12.7. The predicted molar refractivity (Wildman–Crippen MR) is 101 cm³/mol. The standard InChI is InChI=1S/C19H23N3O2S/c1-4-13-8-6-7-9-16(13)21-17(23)10-14-11-25-19-20-12(3)15(5-2)18(24)22(14)19/h6-9,14H,4-5,10-11H2,1-3H3,(H,21,23). The Bertz CT molecular complexity index is 860. The van der Waals surface area contributed by atoms with E-state index in [0.717, 1.165) is 34.1 Å². The Kier molecular flexibility index (Phi) is 5.27. The molecule has 1 amide bonds. The van der Waals surface area contributed by atoms with Crippen LogP contribution in [-0.4, -0.2) is 21.2 Å². The Morgan fingerprint density at radius 1 is 1.32 bits per heavy atom. The number of benzene rings is 1. The van der Waals surface area contributed by atoms with Crippen molar-refractivity contribution in [1.82, 2.24) is 9.55 Å². The molecule has 2 heterocycles. The Morgan fingerprint density at radius 2 is 2.08 bits per heavy atom. The Hall–Kier alpha value is -2.08. The first-order valence-corrected chi connectivity index (χ1v) is 9.66. The van der Waals surface area contributed by atoms with E-state index in [2.05, 4.69) is 17.2 Å². The molecule has 3 rings (SSSR count). The average Bonchev–Trinajstić information content (AvgIpc) is 2.98. The van der Waals surface area contributed by atoms with Crippen LogP contribution in [0.15, 0.2) is 34.2 Å². The zero-order valence-corrected chi connectivity index (χ0v) is 15.7. The molecular formula is C19H23N3O2S. The third-order valence-electron chi connectivity index (χ3n) is 4.60. The van der Waals surface area contributed by atoms with Crippen LogP contribution in [0.3, 0.4) is 0 Å². The fraction of sp³-hybridized carbons (Fsp3) is 0.421. The molecule has 5 nitrogen and oxygen atoms in total. The van der Waals surface area contributed by atoms with Crippen LogP contribution in [-0.2, 0) is 17.6 Å². The van der Waals surface area contributed by atoms with Gasteiger partial charge in [-0.05, 0) is 31.4 Å². The third-order valence-corrected chi connectivity index (χ3v) is 5.70. The number of carbonyl (C=O) groups is 1. The van der Waals surface area contributed by atoms with Crippen LogP contribution in [0, 0.1) is 6.92 Å². The number of nitrogens with zero attached hydrogens (tertiary/aromatic N) is 2. The predicted octanol–water partition coefficient (Wildman–Crippen LogP) is 3.35. The largest absolute Gasteiger partial charge is 0.326 e. The van der Waals surface area contributed by atoms with Crippen LogP contribution < -0.4 is 10.9 Å². The van der Waals surface area contributed by atoms with Gasteiger partial charge in [-0.3, -0.25) is 14.2 Å². The van der Waals surface area contributed by atoms with Crippen molar-refractivity contribution >= 4 is 23.4 Å². The summed E-state index contributed by atoms with van der Waals surface area (Å²) in [6.45, 7) is 5.90. The van der Waals surface area contributed by atoms with Gasteiger partial charge in [-0.25, -0.2) is 4.98 Å². The van der Waals surface area contributed by atoms with E-state index in [0.29, 0.717) is 12.2 Å². The molecule has 1 aliphatic heterocycles. The molecule has 132 valence electrons. The summed E-state index contributed by atoms with van der Waals surface area (Å²) in [6, 6.07) is 7.68. The summed E-state index contributed by atoms with van der Waals surface area (Å²) in [6.07, 6.45) is 1.80. The second-order valence-electron chi connectivity index (χ2n) is 6.21. The first-order chi connectivity index (χ1) is 12.0. The molecule has 1 atom stereocenters. The van der Waals surface area contributed by atoms with Crippen LogP contribution >= 0.6 is 11.8 Å². The van der Waals surface area contributed by atoms with E-state index in [9.17, 15) is 9.59 Å². The van der Waals surface area contributed by atoms with Crippen LogP contribution in [0.5, 0.6) is 0 Å². The number of aryl methyl sites for hydroxylation is 2. The second kappa shape index (κ2) is 7.44. The summed E-state index contributed by atoms with van der Waals surface area (Å²) in [4.78, 5) is 29.8. The number of nitrogens with one attached hydrogen (secondary N) is 1. The van der Waals surface area contributed by atoms with E-state index in [1.807, 2.05) is 38.1 Å². The molecule has 2 aromatic rings. The van der Waals surface area contributed by atoms with Gasteiger partial charge >= 0.3 is 0 Å². The molecule has 25 heavy (non-hydrogen) atoms. The van der Waals surface area contributed by atoms with Crippen LogP contribution in [0.2, 0.25) is 0 Å². The van der Waals surface area contributed by atoms with E-state index < -0.39 is 0 Å². The summed E-state index contributed by atoms with van der Waals surface area (Å²) < 4.78 is 1.71. The zero-order valence-electron chi connectivity index (χ0n) is 14.8. The lowest BCUT2D eigenvalue weighted by Crippen LogP contribution is -2.30. The summed E-state index contributed by atoms with van der Waals surface area (Å²) in [5, 5.41) is 3.72. The van der Waals surface area contributed by atoms with E-state index in [4.69, 9.17) is 0 Å². The lowest BCUT2D eigenvalue weighted by atomic mass is 10.1. The third kappa shape index (κ3) is 3.49. The molecule has 0 radical (unpaired) electrons. The minimum atomic E-state index is -0.139. The molecule has 0 fully saturated rings. The first kappa shape index (κ1) is 17.7. The molecule has 0 saturated carbocycles. The molecule has 0 spiro atoms. The van der Waals surface area contributed by atoms with Crippen molar-refractivity contribution in [3.8, 4) is 0 Å². The molecule has 1 aliphatic rings. The van der Waals surface area contributed by atoms with Crippen molar-refractivity contribution in [3.63, 3.8) is 0 Å². The van der Waals surface area contributed by atoms with Gasteiger partial charge in [0.25, 0.3) is 5.56 Å². The summed E-state index contributed by atoms with van der Waals surface area (Å²) >= 11 is 1.55. The van der Waals surface area contributed by atoms with Crippen LogP contribution in [0.25, 0.3) is 0 Å². The van der Waals surface area contributed by atoms with Crippen LogP contribution in [0.4, 0.5) is 5.69 Å².